The molecule has 24 heavy (non-hydrogen) atoms. The van der Waals surface area contributed by atoms with E-state index in [0.717, 1.165) is 44.7 Å². The van der Waals surface area contributed by atoms with E-state index in [-0.39, 0.29) is 42.6 Å². The Kier molecular flexibility index (Phi) is 8.50. The van der Waals surface area contributed by atoms with Gasteiger partial charge in [-0.25, -0.2) is 0 Å². The van der Waals surface area contributed by atoms with Gasteiger partial charge in [-0.3, -0.25) is 9.48 Å². The minimum Gasteiger partial charge on any atom is -0.352 e. The minimum absolute atomic E-state index is 0. The van der Waals surface area contributed by atoms with Gasteiger partial charge in [-0.1, -0.05) is 6.92 Å². The summed E-state index contributed by atoms with van der Waals surface area (Å²) in [7, 11) is 1.92. The first kappa shape index (κ1) is 21.2. The van der Waals surface area contributed by atoms with Crippen LogP contribution in [0.3, 0.4) is 0 Å². The van der Waals surface area contributed by atoms with Crippen LogP contribution in [-0.2, 0) is 11.8 Å². The highest BCUT2D eigenvalue weighted by Crippen LogP contribution is 2.28. The van der Waals surface area contributed by atoms with E-state index in [9.17, 15) is 4.79 Å². The van der Waals surface area contributed by atoms with Crippen LogP contribution in [-0.4, -0.2) is 59.4 Å². The molecule has 1 aromatic rings. The van der Waals surface area contributed by atoms with Crippen LogP contribution in [0, 0.1) is 5.92 Å². The first-order valence-electron chi connectivity index (χ1n) is 8.39. The summed E-state index contributed by atoms with van der Waals surface area (Å²) in [4.78, 5) is 15.1. The molecule has 0 radical (unpaired) electrons. The average Bonchev–Trinajstić information content (AvgIpc) is 3.15. The van der Waals surface area contributed by atoms with Gasteiger partial charge in [-0.15, -0.1) is 24.8 Å². The largest absolute Gasteiger partial charge is 0.352 e. The van der Waals surface area contributed by atoms with Crippen LogP contribution in [0.2, 0.25) is 0 Å². The molecule has 1 amide bonds. The SMILES string of the molecule is CCN1CCCC(NC(=O)[C@H]2CNC[C@@H]2c2cnn(C)c2)C1.Cl.Cl. The molecule has 1 aromatic heterocycles. The number of likely N-dealkylation sites (tertiary alicyclic amines) is 1. The van der Waals surface area contributed by atoms with Crippen LogP contribution in [0.1, 0.15) is 31.2 Å². The maximum absolute atomic E-state index is 12.7. The second-order valence-corrected chi connectivity index (χ2v) is 6.56. The molecule has 0 spiro atoms. The maximum atomic E-state index is 12.7. The summed E-state index contributed by atoms with van der Waals surface area (Å²) in [6.45, 7) is 7.01. The van der Waals surface area contributed by atoms with Crippen LogP contribution < -0.4 is 10.6 Å². The third-order valence-electron chi connectivity index (χ3n) is 5.00. The lowest BCUT2D eigenvalue weighted by Gasteiger charge is -2.33. The zero-order chi connectivity index (χ0) is 15.5. The molecule has 3 atom stereocenters. The van der Waals surface area contributed by atoms with Crippen LogP contribution in [0.5, 0.6) is 0 Å². The summed E-state index contributed by atoms with van der Waals surface area (Å²) in [6, 6.07) is 0.302. The van der Waals surface area contributed by atoms with E-state index in [1.54, 1.807) is 0 Å². The van der Waals surface area contributed by atoms with Crippen molar-refractivity contribution in [3.63, 3.8) is 0 Å². The molecule has 3 heterocycles. The Bertz CT molecular complexity index is 524. The molecule has 1 unspecified atom stereocenters. The van der Waals surface area contributed by atoms with Gasteiger partial charge in [0.25, 0.3) is 0 Å². The number of nitrogens with one attached hydrogen (secondary N) is 2. The molecule has 2 N–H and O–H groups in total. The molecule has 138 valence electrons. The van der Waals surface area contributed by atoms with E-state index in [2.05, 4.69) is 27.6 Å². The number of halogens is 2. The van der Waals surface area contributed by atoms with Gasteiger partial charge in [0.2, 0.25) is 5.91 Å². The van der Waals surface area contributed by atoms with Gasteiger partial charge in [0.15, 0.2) is 0 Å². The lowest BCUT2D eigenvalue weighted by molar-refractivity contribution is -0.125. The topological polar surface area (TPSA) is 62.2 Å². The predicted octanol–water partition coefficient (Wildman–Crippen LogP) is 1.17. The molecule has 0 aromatic carbocycles. The standard InChI is InChI=1S/C16H27N5O.2ClH/c1-3-21-6-4-5-13(11-21)19-16(22)15-9-17-8-14(15)12-7-18-20(2)10-12;;/h7,10,13-15,17H,3-6,8-9,11H2,1-2H3,(H,19,22);2*1H/t13?,14-,15+;;/m1../s1. The van der Waals surface area contributed by atoms with E-state index in [4.69, 9.17) is 0 Å². The maximum Gasteiger partial charge on any atom is 0.225 e. The fraction of sp³-hybridized carbons (Fsp3) is 0.750. The quantitative estimate of drug-likeness (QED) is 0.826. The smallest absolute Gasteiger partial charge is 0.225 e. The van der Waals surface area contributed by atoms with Crippen LogP contribution in [0.25, 0.3) is 0 Å². The van der Waals surface area contributed by atoms with Crippen molar-refractivity contribution in [2.75, 3.05) is 32.7 Å². The minimum atomic E-state index is 0. The monoisotopic (exact) mass is 377 g/mol. The number of amides is 1. The Morgan fingerprint density at radius 3 is 2.88 bits per heavy atom. The Balaban J connectivity index is 0.00000144. The van der Waals surface area contributed by atoms with Crippen molar-refractivity contribution in [2.45, 2.75) is 31.7 Å². The number of aryl methyl sites for hydroxylation is 1. The van der Waals surface area contributed by atoms with Gasteiger partial charge < -0.3 is 15.5 Å². The van der Waals surface area contributed by atoms with Crippen molar-refractivity contribution in [3.05, 3.63) is 18.0 Å². The van der Waals surface area contributed by atoms with E-state index in [1.165, 1.54) is 6.42 Å². The van der Waals surface area contributed by atoms with Crippen molar-refractivity contribution >= 4 is 30.7 Å². The van der Waals surface area contributed by atoms with Crippen molar-refractivity contribution in [3.8, 4) is 0 Å². The van der Waals surface area contributed by atoms with Crippen molar-refractivity contribution in [1.82, 2.24) is 25.3 Å². The lowest BCUT2D eigenvalue weighted by atomic mass is 9.90. The molecular formula is C16H29Cl2N5O. The number of carbonyl (C=O) groups is 1. The predicted molar refractivity (Wildman–Crippen MR) is 100 cm³/mol. The van der Waals surface area contributed by atoms with Gasteiger partial charge in [-0.05, 0) is 31.5 Å². The van der Waals surface area contributed by atoms with Gasteiger partial charge in [0, 0.05) is 44.8 Å². The molecular weight excluding hydrogens is 349 g/mol. The zero-order valence-corrected chi connectivity index (χ0v) is 16.0. The molecule has 2 saturated heterocycles. The number of carbonyl (C=O) groups excluding carboxylic acids is 1. The molecule has 2 aliphatic heterocycles. The highest BCUT2D eigenvalue weighted by molar-refractivity contribution is 5.85. The fourth-order valence-corrected chi connectivity index (χ4v) is 3.70. The summed E-state index contributed by atoms with van der Waals surface area (Å²) in [5, 5.41) is 10.9. The molecule has 0 bridgehead atoms. The molecule has 0 saturated carbocycles. The third-order valence-corrected chi connectivity index (χ3v) is 5.00. The van der Waals surface area contributed by atoms with Crippen LogP contribution >= 0.6 is 24.8 Å². The molecule has 6 nitrogen and oxygen atoms in total. The Morgan fingerprint density at radius 1 is 1.42 bits per heavy atom. The summed E-state index contributed by atoms with van der Waals surface area (Å²) in [5.41, 5.74) is 1.16. The molecule has 3 rings (SSSR count). The molecule has 8 heteroatoms. The molecule has 2 aliphatic rings. The summed E-state index contributed by atoms with van der Waals surface area (Å²) >= 11 is 0. The number of rotatable bonds is 4. The van der Waals surface area contributed by atoms with Crippen molar-refractivity contribution < 1.29 is 4.79 Å². The Morgan fingerprint density at radius 2 is 2.21 bits per heavy atom. The van der Waals surface area contributed by atoms with E-state index >= 15 is 0 Å². The number of likely N-dealkylation sites (N-methyl/N-ethyl adjacent to an activating group) is 1. The third kappa shape index (κ3) is 4.85. The number of hydrogen-bond acceptors (Lipinski definition) is 4. The highest BCUT2D eigenvalue weighted by Gasteiger charge is 2.35. The van der Waals surface area contributed by atoms with Crippen molar-refractivity contribution in [1.29, 1.82) is 0 Å². The number of hydrogen-bond donors (Lipinski definition) is 2. The van der Waals surface area contributed by atoms with E-state index in [0.29, 0.717) is 6.04 Å². The van der Waals surface area contributed by atoms with Gasteiger partial charge in [-0.2, -0.15) is 5.10 Å². The lowest BCUT2D eigenvalue weighted by Crippen LogP contribution is -2.49. The summed E-state index contributed by atoms with van der Waals surface area (Å²) in [5.74, 6) is 0.447. The van der Waals surface area contributed by atoms with E-state index in [1.807, 2.05) is 24.1 Å². The van der Waals surface area contributed by atoms with Gasteiger partial charge >= 0.3 is 0 Å². The highest BCUT2D eigenvalue weighted by atomic mass is 35.5. The van der Waals surface area contributed by atoms with Crippen LogP contribution in [0.4, 0.5) is 0 Å². The van der Waals surface area contributed by atoms with Crippen LogP contribution in [0.15, 0.2) is 12.4 Å². The number of aromatic nitrogens is 2. The first-order chi connectivity index (χ1) is 10.7. The summed E-state index contributed by atoms with van der Waals surface area (Å²) in [6.07, 6.45) is 6.18. The number of piperidine rings is 1. The summed E-state index contributed by atoms with van der Waals surface area (Å²) < 4.78 is 1.81. The van der Waals surface area contributed by atoms with Gasteiger partial charge in [0.05, 0.1) is 12.1 Å². The van der Waals surface area contributed by atoms with Gasteiger partial charge in [0.1, 0.15) is 0 Å². The normalized spacial score (nSPS) is 27.2. The zero-order valence-electron chi connectivity index (χ0n) is 14.4. The fourth-order valence-electron chi connectivity index (χ4n) is 3.70. The average molecular weight is 378 g/mol. The van der Waals surface area contributed by atoms with E-state index < -0.39 is 0 Å². The number of nitrogens with zero attached hydrogens (tertiary/aromatic N) is 3. The first-order valence-corrected chi connectivity index (χ1v) is 8.39. The molecule has 0 aliphatic carbocycles. The Hall–Kier alpha value is -0.820. The van der Waals surface area contributed by atoms with Crippen molar-refractivity contribution in [2.24, 2.45) is 13.0 Å². The second-order valence-electron chi connectivity index (χ2n) is 6.56. The molecule has 2 fully saturated rings. The second kappa shape index (κ2) is 9.61. The Labute approximate surface area is 156 Å².